The fourth-order valence-corrected chi connectivity index (χ4v) is 3.61. The molecule has 0 aromatic heterocycles. The van der Waals surface area contributed by atoms with Crippen molar-refractivity contribution < 1.29 is 9.59 Å². The van der Waals surface area contributed by atoms with Crippen LogP contribution in [0.25, 0.3) is 0 Å². The zero-order valence-electron chi connectivity index (χ0n) is 14.8. The number of hydrogen-bond acceptors (Lipinski definition) is 2. The Morgan fingerprint density at radius 2 is 1.38 bits per heavy atom. The lowest BCUT2D eigenvalue weighted by atomic mass is 9.63. The zero-order chi connectivity index (χ0) is 17.5. The van der Waals surface area contributed by atoms with Crippen LogP contribution in [0.3, 0.4) is 0 Å². The summed E-state index contributed by atoms with van der Waals surface area (Å²) in [7, 11) is 0. The predicted octanol–water partition coefficient (Wildman–Crippen LogP) is 5.08. The lowest BCUT2D eigenvalue weighted by Crippen LogP contribution is -2.34. The van der Waals surface area contributed by atoms with Gasteiger partial charge in [-0.2, -0.15) is 0 Å². The van der Waals surface area contributed by atoms with Gasteiger partial charge in [0.1, 0.15) is 6.29 Å². The molecule has 0 spiro atoms. The standard InChI is InChI=1S/C22H24O2/c1-21(2)11-12-22(3,4)19-13-17(9-10-18(19)21)20(24)16-7-5-15(14-23)6-8-16/h5-10,13-14H,11-12H2,1-4H3. The summed E-state index contributed by atoms with van der Waals surface area (Å²) < 4.78 is 0. The number of aldehydes is 1. The maximum Gasteiger partial charge on any atom is 0.193 e. The zero-order valence-corrected chi connectivity index (χ0v) is 14.8. The van der Waals surface area contributed by atoms with E-state index in [4.69, 9.17) is 0 Å². The van der Waals surface area contributed by atoms with Crippen molar-refractivity contribution in [3.63, 3.8) is 0 Å². The molecule has 3 rings (SSSR count). The molecular weight excluding hydrogens is 296 g/mol. The highest BCUT2D eigenvalue weighted by molar-refractivity contribution is 6.09. The first-order valence-corrected chi connectivity index (χ1v) is 8.50. The monoisotopic (exact) mass is 320 g/mol. The molecule has 0 heterocycles. The smallest absolute Gasteiger partial charge is 0.193 e. The average Bonchev–Trinajstić information content (AvgIpc) is 2.58. The van der Waals surface area contributed by atoms with Crippen molar-refractivity contribution in [3.8, 4) is 0 Å². The van der Waals surface area contributed by atoms with Crippen LogP contribution >= 0.6 is 0 Å². The van der Waals surface area contributed by atoms with Gasteiger partial charge < -0.3 is 0 Å². The number of benzene rings is 2. The molecule has 0 fully saturated rings. The van der Waals surface area contributed by atoms with Crippen LogP contribution in [0, 0.1) is 0 Å². The van der Waals surface area contributed by atoms with E-state index in [1.165, 1.54) is 11.1 Å². The highest BCUT2D eigenvalue weighted by atomic mass is 16.1. The number of carbonyl (C=O) groups is 2. The number of fused-ring (bicyclic) bond motifs is 1. The number of hydrogen-bond donors (Lipinski definition) is 0. The van der Waals surface area contributed by atoms with Crippen LogP contribution in [0.4, 0.5) is 0 Å². The predicted molar refractivity (Wildman–Crippen MR) is 97.0 cm³/mol. The Labute approximate surface area is 143 Å². The molecule has 0 radical (unpaired) electrons. The van der Waals surface area contributed by atoms with Gasteiger partial charge >= 0.3 is 0 Å². The molecule has 24 heavy (non-hydrogen) atoms. The third-order valence-corrected chi connectivity index (χ3v) is 5.42. The maximum atomic E-state index is 12.8. The second kappa shape index (κ2) is 5.70. The topological polar surface area (TPSA) is 34.1 Å². The Balaban J connectivity index is 2.04. The first kappa shape index (κ1) is 16.6. The summed E-state index contributed by atoms with van der Waals surface area (Å²) in [5.74, 6) is 0.00873. The molecule has 0 aliphatic heterocycles. The molecular formula is C22H24O2. The minimum absolute atomic E-state index is 0.00873. The van der Waals surface area contributed by atoms with Crippen LogP contribution in [0.1, 0.15) is 77.9 Å². The molecule has 0 saturated carbocycles. The van der Waals surface area contributed by atoms with Crippen molar-refractivity contribution >= 4 is 12.1 Å². The van der Waals surface area contributed by atoms with Crippen molar-refractivity contribution in [1.29, 1.82) is 0 Å². The Morgan fingerprint density at radius 1 is 0.833 bits per heavy atom. The quantitative estimate of drug-likeness (QED) is 0.584. The van der Waals surface area contributed by atoms with Gasteiger partial charge in [0.15, 0.2) is 5.78 Å². The van der Waals surface area contributed by atoms with Gasteiger partial charge in [0.05, 0.1) is 0 Å². The van der Waals surface area contributed by atoms with E-state index in [1.807, 2.05) is 6.07 Å². The Morgan fingerprint density at radius 3 is 1.96 bits per heavy atom. The molecule has 0 saturated heterocycles. The number of carbonyl (C=O) groups excluding carboxylic acids is 2. The van der Waals surface area contributed by atoms with Gasteiger partial charge in [0.25, 0.3) is 0 Å². The van der Waals surface area contributed by atoms with Gasteiger partial charge in [-0.15, -0.1) is 0 Å². The van der Waals surface area contributed by atoms with Crippen LogP contribution in [-0.2, 0) is 10.8 Å². The van der Waals surface area contributed by atoms with E-state index in [-0.39, 0.29) is 16.6 Å². The van der Waals surface area contributed by atoms with Gasteiger partial charge in [-0.3, -0.25) is 9.59 Å². The molecule has 2 aromatic carbocycles. The molecule has 2 aromatic rings. The first-order valence-electron chi connectivity index (χ1n) is 8.50. The molecule has 1 aliphatic rings. The summed E-state index contributed by atoms with van der Waals surface area (Å²) in [4.78, 5) is 23.6. The molecule has 2 heteroatoms. The van der Waals surface area contributed by atoms with Crippen molar-refractivity contribution in [1.82, 2.24) is 0 Å². The van der Waals surface area contributed by atoms with Crippen LogP contribution in [0.5, 0.6) is 0 Å². The van der Waals surface area contributed by atoms with Gasteiger partial charge in [-0.25, -0.2) is 0 Å². The van der Waals surface area contributed by atoms with E-state index < -0.39 is 0 Å². The molecule has 124 valence electrons. The Bertz CT molecular complexity index is 795. The van der Waals surface area contributed by atoms with E-state index >= 15 is 0 Å². The lowest BCUT2D eigenvalue weighted by molar-refractivity contribution is 0.103. The summed E-state index contributed by atoms with van der Waals surface area (Å²) >= 11 is 0. The van der Waals surface area contributed by atoms with Gasteiger partial charge in [0.2, 0.25) is 0 Å². The second-order valence-corrected chi connectivity index (χ2v) is 8.10. The highest BCUT2D eigenvalue weighted by Crippen LogP contribution is 2.46. The minimum atomic E-state index is 0.00873. The highest BCUT2D eigenvalue weighted by Gasteiger charge is 2.37. The third-order valence-electron chi connectivity index (χ3n) is 5.42. The van der Waals surface area contributed by atoms with Gasteiger partial charge in [0, 0.05) is 16.7 Å². The molecule has 1 aliphatic carbocycles. The maximum absolute atomic E-state index is 12.8. The summed E-state index contributed by atoms with van der Waals surface area (Å²) in [6.07, 6.45) is 3.07. The SMILES string of the molecule is CC1(C)CCC(C)(C)c2cc(C(=O)c3ccc(C=O)cc3)ccc21. The van der Waals surface area contributed by atoms with Crippen molar-refractivity contribution in [2.45, 2.75) is 51.4 Å². The first-order chi connectivity index (χ1) is 11.2. The lowest BCUT2D eigenvalue weighted by Gasteiger charge is -2.42. The summed E-state index contributed by atoms with van der Waals surface area (Å²) in [6, 6.07) is 13.0. The Kier molecular flexibility index (Phi) is 3.95. The molecule has 0 atom stereocenters. The van der Waals surface area contributed by atoms with Crippen LogP contribution in [0.2, 0.25) is 0 Å². The van der Waals surface area contributed by atoms with Crippen LogP contribution < -0.4 is 0 Å². The minimum Gasteiger partial charge on any atom is -0.298 e. The average molecular weight is 320 g/mol. The Hall–Kier alpha value is -2.22. The normalized spacial score (nSPS) is 17.8. The van der Waals surface area contributed by atoms with E-state index in [2.05, 4.69) is 39.8 Å². The molecule has 0 unspecified atom stereocenters. The largest absolute Gasteiger partial charge is 0.298 e. The fraction of sp³-hybridized carbons (Fsp3) is 0.364. The summed E-state index contributed by atoms with van der Waals surface area (Å²) in [6.45, 7) is 9.07. The van der Waals surface area contributed by atoms with Crippen LogP contribution in [0.15, 0.2) is 42.5 Å². The van der Waals surface area contributed by atoms with Crippen LogP contribution in [-0.4, -0.2) is 12.1 Å². The summed E-state index contributed by atoms with van der Waals surface area (Å²) in [5, 5.41) is 0. The number of rotatable bonds is 3. The van der Waals surface area contributed by atoms with E-state index in [0.29, 0.717) is 11.1 Å². The van der Waals surface area contributed by atoms with Crippen molar-refractivity contribution in [3.05, 3.63) is 70.3 Å². The summed E-state index contributed by atoms with van der Waals surface area (Å²) in [5.41, 5.74) is 4.80. The van der Waals surface area contributed by atoms with E-state index in [1.54, 1.807) is 24.3 Å². The number of ketones is 1. The van der Waals surface area contributed by atoms with Gasteiger partial charge in [-0.1, -0.05) is 64.1 Å². The second-order valence-electron chi connectivity index (χ2n) is 8.10. The fourth-order valence-electron chi connectivity index (χ4n) is 3.61. The molecule has 2 nitrogen and oxygen atoms in total. The molecule has 0 amide bonds. The van der Waals surface area contributed by atoms with E-state index in [0.717, 1.165) is 24.7 Å². The third kappa shape index (κ3) is 2.82. The molecule has 0 N–H and O–H groups in total. The van der Waals surface area contributed by atoms with Gasteiger partial charge in [-0.05, 0) is 40.9 Å². The molecule has 0 bridgehead atoms. The van der Waals surface area contributed by atoms with Crippen molar-refractivity contribution in [2.24, 2.45) is 0 Å². The van der Waals surface area contributed by atoms with E-state index in [9.17, 15) is 9.59 Å². The van der Waals surface area contributed by atoms with Crippen molar-refractivity contribution in [2.75, 3.05) is 0 Å².